The summed E-state index contributed by atoms with van der Waals surface area (Å²) >= 11 is 5.99. The Morgan fingerprint density at radius 2 is 1.62 bits per heavy atom. The summed E-state index contributed by atoms with van der Waals surface area (Å²) in [7, 11) is -3.90. The third-order valence-corrected chi connectivity index (χ3v) is 8.34. The number of aromatic nitrogens is 2. The molecule has 8 heteroatoms. The highest BCUT2D eigenvalue weighted by Gasteiger charge is 2.21. The van der Waals surface area contributed by atoms with Gasteiger partial charge in [-0.25, -0.2) is 13.4 Å². The van der Waals surface area contributed by atoms with Gasteiger partial charge in [0.05, 0.1) is 28.2 Å². The molecule has 1 N–H and O–H groups in total. The number of imidazole rings is 1. The number of rotatable bonds is 11. The molecule has 0 aliphatic rings. The highest BCUT2D eigenvalue weighted by Crippen LogP contribution is 2.36. The topological polar surface area (TPSA) is 73.2 Å². The number of hydrogen-bond acceptors (Lipinski definition) is 4. The fraction of sp³-hybridized carbons (Fsp3) is 0.219. The number of anilines is 1. The maximum Gasteiger partial charge on any atom is 0.262 e. The van der Waals surface area contributed by atoms with Gasteiger partial charge in [-0.3, -0.25) is 9.29 Å². The summed E-state index contributed by atoms with van der Waals surface area (Å²) in [5.41, 5.74) is 4.86. The minimum absolute atomic E-state index is 0.112. The van der Waals surface area contributed by atoms with Crippen LogP contribution < -0.4 is 9.46 Å². The van der Waals surface area contributed by atoms with Crippen molar-refractivity contribution in [1.29, 1.82) is 0 Å². The zero-order valence-electron chi connectivity index (χ0n) is 22.6. The van der Waals surface area contributed by atoms with Crippen LogP contribution in [0.5, 0.6) is 5.75 Å². The second-order valence-electron chi connectivity index (χ2n) is 9.78. The fourth-order valence-electron chi connectivity index (χ4n) is 4.57. The van der Waals surface area contributed by atoms with E-state index in [1.807, 2.05) is 36.4 Å². The van der Waals surface area contributed by atoms with Crippen molar-refractivity contribution in [3.05, 3.63) is 102 Å². The predicted molar refractivity (Wildman–Crippen MR) is 163 cm³/mol. The highest BCUT2D eigenvalue weighted by atomic mass is 35.5. The van der Waals surface area contributed by atoms with E-state index in [0.717, 1.165) is 53.8 Å². The van der Waals surface area contributed by atoms with Crippen LogP contribution in [0.3, 0.4) is 0 Å². The van der Waals surface area contributed by atoms with Crippen LogP contribution in [0.15, 0.2) is 95.9 Å². The number of fused-ring (bicyclic) bond motifs is 1. The van der Waals surface area contributed by atoms with Gasteiger partial charge in [0.25, 0.3) is 10.0 Å². The van der Waals surface area contributed by atoms with Crippen molar-refractivity contribution in [2.45, 2.75) is 44.4 Å². The molecule has 0 unspecified atom stereocenters. The number of nitrogens with zero attached hydrogens (tertiary/aromatic N) is 2. The average molecular weight is 574 g/mol. The lowest BCUT2D eigenvalue weighted by Crippen LogP contribution is -2.14. The van der Waals surface area contributed by atoms with Gasteiger partial charge in [0.15, 0.2) is 0 Å². The Kier molecular flexibility index (Phi) is 8.43. The molecule has 0 radical (unpaired) electrons. The van der Waals surface area contributed by atoms with Gasteiger partial charge in [0.2, 0.25) is 0 Å². The van der Waals surface area contributed by atoms with Crippen LogP contribution in [0.2, 0.25) is 5.02 Å². The second-order valence-corrected chi connectivity index (χ2v) is 11.9. The molecule has 0 fully saturated rings. The summed E-state index contributed by atoms with van der Waals surface area (Å²) in [6.07, 6.45) is 4.17. The molecule has 5 rings (SSSR count). The molecule has 0 saturated carbocycles. The standard InChI is InChI=1S/C32H32ClN3O3S/c1-3-4-5-9-20-39-31-22-30-28(21-29(31)35-40(37,38)27-18-14-25(33)15-19-27)34-32(24-10-7-6-8-11-24)36(30)26-16-12-23(2)13-17-26/h6-8,10-19,21-22,35H,3-5,9,20H2,1-2H3. The van der Waals surface area contributed by atoms with E-state index in [-0.39, 0.29) is 4.90 Å². The van der Waals surface area contributed by atoms with Gasteiger partial charge in [-0.05, 0) is 55.8 Å². The van der Waals surface area contributed by atoms with Gasteiger partial charge in [0.1, 0.15) is 11.6 Å². The van der Waals surface area contributed by atoms with Crippen LogP contribution in [-0.4, -0.2) is 24.6 Å². The van der Waals surface area contributed by atoms with Crippen molar-refractivity contribution < 1.29 is 13.2 Å². The molecule has 0 spiro atoms. The molecular formula is C32H32ClN3O3S. The maximum absolute atomic E-state index is 13.3. The van der Waals surface area contributed by atoms with E-state index in [1.54, 1.807) is 18.2 Å². The summed E-state index contributed by atoms with van der Waals surface area (Å²) in [5.74, 6) is 1.21. The van der Waals surface area contributed by atoms with Gasteiger partial charge in [-0.15, -0.1) is 0 Å². The van der Waals surface area contributed by atoms with Gasteiger partial charge in [0, 0.05) is 22.3 Å². The van der Waals surface area contributed by atoms with E-state index >= 15 is 0 Å². The molecule has 0 bridgehead atoms. The minimum atomic E-state index is -3.90. The first-order valence-corrected chi connectivity index (χ1v) is 15.3. The predicted octanol–water partition coefficient (Wildman–Crippen LogP) is 8.41. The van der Waals surface area contributed by atoms with Gasteiger partial charge in [-0.2, -0.15) is 0 Å². The quantitative estimate of drug-likeness (QED) is 0.161. The molecule has 4 aromatic carbocycles. The molecule has 5 aromatic rings. The van der Waals surface area contributed by atoms with Crippen molar-refractivity contribution in [2.75, 3.05) is 11.3 Å². The number of hydrogen-bond donors (Lipinski definition) is 1. The van der Waals surface area contributed by atoms with E-state index < -0.39 is 10.0 Å². The van der Waals surface area contributed by atoms with Crippen LogP contribution in [0.25, 0.3) is 28.1 Å². The number of sulfonamides is 1. The Morgan fingerprint density at radius 3 is 2.33 bits per heavy atom. The minimum Gasteiger partial charge on any atom is -0.491 e. The van der Waals surface area contributed by atoms with Crippen molar-refractivity contribution >= 4 is 38.3 Å². The monoisotopic (exact) mass is 573 g/mol. The van der Waals surface area contributed by atoms with Crippen LogP contribution in [-0.2, 0) is 10.0 Å². The third-order valence-electron chi connectivity index (χ3n) is 6.70. The van der Waals surface area contributed by atoms with Crippen LogP contribution >= 0.6 is 11.6 Å². The molecule has 40 heavy (non-hydrogen) atoms. The Morgan fingerprint density at radius 1 is 0.900 bits per heavy atom. The van der Waals surface area contributed by atoms with E-state index in [2.05, 4.69) is 47.4 Å². The Labute approximate surface area is 240 Å². The van der Waals surface area contributed by atoms with Crippen molar-refractivity contribution in [3.8, 4) is 22.8 Å². The summed E-state index contributed by atoms with van der Waals surface area (Å²) in [6.45, 7) is 4.69. The van der Waals surface area contributed by atoms with E-state index in [9.17, 15) is 8.42 Å². The number of aryl methyl sites for hydroxylation is 1. The summed E-state index contributed by atoms with van der Waals surface area (Å²) in [5, 5.41) is 0.464. The second kappa shape index (κ2) is 12.1. The lowest BCUT2D eigenvalue weighted by Gasteiger charge is -2.15. The fourth-order valence-corrected chi connectivity index (χ4v) is 5.76. The molecule has 0 amide bonds. The number of nitrogens with one attached hydrogen (secondary N) is 1. The first kappa shape index (κ1) is 27.7. The summed E-state index contributed by atoms with van der Waals surface area (Å²) in [6, 6.07) is 27.9. The zero-order valence-corrected chi connectivity index (χ0v) is 24.2. The first-order chi connectivity index (χ1) is 19.4. The molecule has 206 valence electrons. The van der Waals surface area contributed by atoms with Crippen molar-refractivity contribution in [1.82, 2.24) is 9.55 Å². The van der Waals surface area contributed by atoms with Gasteiger partial charge < -0.3 is 4.74 Å². The van der Waals surface area contributed by atoms with E-state index in [0.29, 0.717) is 28.6 Å². The zero-order chi connectivity index (χ0) is 28.1. The van der Waals surface area contributed by atoms with Crippen LogP contribution in [0, 0.1) is 6.92 Å². The maximum atomic E-state index is 13.3. The number of unbranched alkanes of at least 4 members (excludes halogenated alkanes) is 3. The van der Waals surface area contributed by atoms with Crippen molar-refractivity contribution in [2.24, 2.45) is 0 Å². The Hall–Kier alpha value is -3.81. The third kappa shape index (κ3) is 6.16. The average Bonchev–Trinajstić information content (AvgIpc) is 3.32. The molecule has 1 heterocycles. The van der Waals surface area contributed by atoms with Crippen LogP contribution in [0.1, 0.15) is 38.2 Å². The number of halogens is 1. The largest absolute Gasteiger partial charge is 0.491 e. The number of benzene rings is 4. The lowest BCUT2D eigenvalue weighted by molar-refractivity contribution is 0.307. The van der Waals surface area contributed by atoms with E-state index in [1.165, 1.54) is 12.1 Å². The smallest absolute Gasteiger partial charge is 0.262 e. The SMILES string of the molecule is CCCCCCOc1cc2c(cc1NS(=O)(=O)c1ccc(Cl)cc1)nc(-c1ccccc1)n2-c1ccc(C)cc1. The molecular weight excluding hydrogens is 542 g/mol. The molecule has 0 aliphatic heterocycles. The summed E-state index contributed by atoms with van der Waals surface area (Å²) in [4.78, 5) is 5.09. The van der Waals surface area contributed by atoms with Crippen LogP contribution in [0.4, 0.5) is 5.69 Å². The van der Waals surface area contributed by atoms with Crippen molar-refractivity contribution in [3.63, 3.8) is 0 Å². The normalized spacial score (nSPS) is 11.6. The Bertz CT molecular complexity index is 1700. The lowest BCUT2D eigenvalue weighted by atomic mass is 10.2. The van der Waals surface area contributed by atoms with E-state index in [4.69, 9.17) is 21.3 Å². The Balaban J connectivity index is 1.64. The molecule has 0 saturated heterocycles. The van der Waals surface area contributed by atoms with Gasteiger partial charge in [-0.1, -0.05) is 85.8 Å². The first-order valence-electron chi connectivity index (χ1n) is 13.5. The molecule has 1 aromatic heterocycles. The number of ether oxygens (including phenoxy) is 1. The van der Waals surface area contributed by atoms with Gasteiger partial charge >= 0.3 is 0 Å². The highest BCUT2D eigenvalue weighted by molar-refractivity contribution is 7.92. The molecule has 6 nitrogen and oxygen atoms in total. The molecule has 0 atom stereocenters. The molecule has 0 aliphatic carbocycles. The summed E-state index contributed by atoms with van der Waals surface area (Å²) < 4.78 is 37.7.